The third-order valence-corrected chi connectivity index (χ3v) is 4.93. The summed E-state index contributed by atoms with van der Waals surface area (Å²) in [5.74, 6) is -0.0195. The number of hydrogen-bond donors (Lipinski definition) is 1. The Labute approximate surface area is 102 Å². The van der Waals surface area contributed by atoms with Gasteiger partial charge in [-0.2, -0.15) is 0 Å². The fourth-order valence-corrected chi connectivity index (χ4v) is 2.59. The first kappa shape index (κ1) is 13.5. The second-order valence-electron chi connectivity index (χ2n) is 3.99. The van der Waals surface area contributed by atoms with Crippen molar-refractivity contribution in [2.24, 2.45) is 5.73 Å². The van der Waals surface area contributed by atoms with Crippen molar-refractivity contribution in [1.29, 1.82) is 0 Å². The average molecular weight is 262 g/mol. The van der Waals surface area contributed by atoms with Gasteiger partial charge in [-0.05, 0) is 31.0 Å². The van der Waals surface area contributed by atoms with Gasteiger partial charge in [0.25, 0.3) is 0 Å². The largest absolute Gasteiger partial charge is 0.326 e. The molecule has 0 aliphatic rings. The SMILES string of the molecule is CC(C)S(=O)(=O)Cc1ccc(CN)cc1Cl. The summed E-state index contributed by atoms with van der Waals surface area (Å²) in [6, 6.07) is 5.24. The van der Waals surface area contributed by atoms with Crippen LogP contribution in [0.5, 0.6) is 0 Å². The summed E-state index contributed by atoms with van der Waals surface area (Å²) in [7, 11) is -3.11. The van der Waals surface area contributed by atoms with Gasteiger partial charge in [0, 0.05) is 11.6 Å². The minimum absolute atomic E-state index is 0.0195. The van der Waals surface area contributed by atoms with E-state index in [1.54, 1.807) is 32.0 Å². The summed E-state index contributed by atoms with van der Waals surface area (Å²) in [5.41, 5.74) is 7.00. The lowest BCUT2D eigenvalue weighted by atomic mass is 10.1. The number of halogens is 1. The Morgan fingerprint density at radius 1 is 1.38 bits per heavy atom. The molecule has 0 unspecified atom stereocenters. The molecule has 0 heterocycles. The summed E-state index contributed by atoms with van der Waals surface area (Å²) in [6.45, 7) is 3.73. The van der Waals surface area contributed by atoms with E-state index in [2.05, 4.69) is 0 Å². The molecule has 3 nitrogen and oxygen atoms in total. The normalized spacial score (nSPS) is 12.1. The van der Waals surface area contributed by atoms with Gasteiger partial charge in [0.05, 0.1) is 11.0 Å². The highest BCUT2D eigenvalue weighted by Crippen LogP contribution is 2.21. The van der Waals surface area contributed by atoms with Gasteiger partial charge < -0.3 is 5.73 Å². The third kappa shape index (κ3) is 3.20. The minimum atomic E-state index is -3.11. The van der Waals surface area contributed by atoms with E-state index in [-0.39, 0.29) is 5.75 Å². The molecule has 1 rings (SSSR count). The topological polar surface area (TPSA) is 60.2 Å². The van der Waals surface area contributed by atoms with Crippen LogP contribution in [0.3, 0.4) is 0 Å². The van der Waals surface area contributed by atoms with Crippen molar-refractivity contribution in [2.45, 2.75) is 31.4 Å². The molecule has 0 atom stereocenters. The molecule has 0 fully saturated rings. The van der Waals surface area contributed by atoms with Crippen LogP contribution in [0, 0.1) is 0 Å². The second kappa shape index (κ2) is 5.17. The van der Waals surface area contributed by atoms with E-state index in [4.69, 9.17) is 17.3 Å². The molecule has 0 saturated carbocycles. The number of benzene rings is 1. The molecule has 1 aromatic carbocycles. The highest BCUT2D eigenvalue weighted by Gasteiger charge is 2.18. The molecule has 90 valence electrons. The third-order valence-electron chi connectivity index (χ3n) is 2.43. The fraction of sp³-hybridized carbons (Fsp3) is 0.455. The highest BCUT2D eigenvalue weighted by molar-refractivity contribution is 7.91. The molecule has 0 amide bonds. The maximum Gasteiger partial charge on any atom is 0.156 e. The van der Waals surface area contributed by atoms with Gasteiger partial charge in [0.2, 0.25) is 0 Å². The number of nitrogens with two attached hydrogens (primary N) is 1. The average Bonchev–Trinajstić information content (AvgIpc) is 2.20. The Morgan fingerprint density at radius 3 is 2.44 bits per heavy atom. The zero-order valence-corrected chi connectivity index (χ0v) is 11.0. The predicted octanol–water partition coefficient (Wildman–Crippen LogP) is 2.12. The lowest BCUT2D eigenvalue weighted by Gasteiger charge is -2.09. The van der Waals surface area contributed by atoms with Crippen LogP contribution in [0.2, 0.25) is 5.02 Å². The standard InChI is InChI=1S/C11H16ClNO2S/c1-8(2)16(14,15)7-10-4-3-9(6-13)5-11(10)12/h3-5,8H,6-7,13H2,1-2H3. The molecule has 5 heteroatoms. The quantitative estimate of drug-likeness (QED) is 0.903. The van der Waals surface area contributed by atoms with Crippen molar-refractivity contribution in [3.05, 3.63) is 34.3 Å². The van der Waals surface area contributed by atoms with Crippen molar-refractivity contribution in [3.63, 3.8) is 0 Å². The van der Waals surface area contributed by atoms with Crippen LogP contribution >= 0.6 is 11.6 Å². The van der Waals surface area contributed by atoms with Crippen LogP contribution in [0.1, 0.15) is 25.0 Å². The fourth-order valence-electron chi connectivity index (χ4n) is 1.22. The smallest absolute Gasteiger partial charge is 0.156 e. The molecule has 0 bridgehead atoms. The first-order valence-corrected chi connectivity index (χ1v) is 7.15. The Morgan fingerprint density at radius 2 is 2.00 bits per heavy atom. The molecular weight excluding hydrogens is 246 g/mol. The lowest BCUT2D eigenvalue weighted by Crippen LogP contribution is -2.16. The van der Waals surface area contributed by atoms with Gasteiger partial charge in [-0.15, -0.1) is 0 Å². The van der Waals surface area contributed by atoms with Crippen LogP contribution in [0.15, 0.2) is 18.2 Å². The van der Waals surface area contributed by atoms with Crippen molar-refractivity contribution in [2.75, 3.05) is 0 Å². The number of rotatable bonds is 4. The van der Waals surface area contributed by atoms with Gasteiger partial charge in [-0.1, -0.05) is 23.7 Å². The highest BCUT2D eigenvalue weighted by atomic mass is 35.5. The molecular formula is C11H16ClNO2S. The summed E-state index contributed by atoms with van der Waals surface area (Å²) in [4.78, 5) is 0. The van der Waals surface area contributed by atoms with Crippen LogP contribution in [-0.2, 0) is 22.1 Å². The van der Waals surface area contributed by atoms with Crippen LogP contribution < -0.4 is 5.73 Å². The zero-order valence-electron chi connectivity index (χ0n) is 9.40. The first-order chi connectivity index (χ1) is 7.36. The second-order valence-corrected chi connectivity index (χ2v) is 6.95. The maximum absolute atomic E-state index is 11.7. The van der Waals surface area contributed by atoms with E-state index in [0.717, 1.165) is 5.56 Å². The Bertz CT molecular complexity index is 469. The van der Waals surface area contributed by atoms with E-state index in [0.29, 0.717) is 17.1 Å². The van der Waals surface area contributed by atoms with Gasteiger partial charge >= 0.3 is 0 Å². The van der Waals surface area contributed by atoms with Gasteiger partial charge in [0.1, 0.15) is 0 Å². The van der Waals surface area contributed by atoms with E-state index < -0.39 is 15.1 Å². The minimum Gasteiger partial charge on any atom is -0.326 e. The van der Waals surface area contributed by atoms with Crippen LogP contribution in [-0.4, -0.2) is 13.7 Å². The molecule has 0 aliphatic heterocycles. The molecule has 0 aliphatic carbocycles. The predicted molar refractivity (Wildman–Crippen MR) is 67.1 cm³/mol. The molecule has 0 saturated heterocycles. The summed E-state index contributed by atoms with van der Waals surface area (Å²) in [6.07, 6.45) is 0. The molecule has 0 aromatic heterocycles. The summed E-state index contributed by atoms with van der Waals surface area (Å²) < 4.78 is 23.4. The molecule has 0 spiro atoms. The van der Waals surface area contributed by atoms with Crippen LogP contribution in [0.4, 0.5) is 0 Å². The summed E-state index contributed by atoms with van der Waals surface area (Å²) >= 11 is 6.00. The monoisotopic (exact) mass is 261 g/mol. The number of sulfone groups is 1. The Balaban J connectivity index is 2.99. The zero-order chi connectivity index (χ0) is 12.3. The number of hydrogen-bond acceptors (Lipinski definition) is 3. The van der Waals surface area contributed by atoms with E-state index >= 15 is 0 Å². The van der Waals surface area contributed by atoms with E-state index in [9.17, 15) is 8.42 Å². The molecule has 1 aromatic rings. The van der Waals surface area contributed by atoms with Crippen molar-refractivity contribution < 1.29 is 8.42 Å². The Hall–Kier alpha value is -0.580. The van der Waals surface area contributed by atoms with Crippen LogP contribution in [0.25, 0.3) is 0 Å². The van der Waals surface area contributed by atoms with Crippen molar-refractivity contribution in [1.82, 2.24) is 0 Å². The molecule has 2 N–H and O–H groups in total. The first-order valence-electron chi connectivity index (χ1n) is 5.05. The van der Waals surface area contributed by atoms with E-state index in [1.807, 2.05) is 0 Å². The molecule has 16 heavy (non-hydrogen) atoms. The lowest BCUT2D eigenvalue weighted by molar-refractivity contribution is 0.586. The van der Waals surface area contributed by atoms with Crippen molar-refractivity contribution >= 4 is 21.4 Å². The van der Waals surface area contributed by atoms with E-state index in [1.165, 1.54) is 0 Å². The van der Waals surface area contributed by atoms with Gasteiger partial charge in [0.15, 0.2) is 9.84 Å². The Kier molecular flexibility index (Phi) is 4.35. The molecule has 0 radical (unpaired) electrons. The van der Waals surface area contributed by atoms with Gasteiger partial charge in [-0.25, -0.2) is 8.42 Å². The summed E-state index contributed by atoms with van der Waals surface area (Å²) in [5, 5.41) is 0.0740. The van der Waals surface area contributed by atoms with Crippen molar-refractivity contribution in [3.8, 4) is 0 Å². The van der Waals surface area contributed by atoms with Gasteiger partial charge in [-0.3, -0.25) is 0 Å². The maximum atomic E-state index is 11.7.